The molecule has 1 atom stereocenters. The summed E-state index contributed by atoms with van der Waals surface area (Å²) in [7, 11) is 0. The predicted octanol–water partition coefficient (Wildman–Crippen LogP) is -0.323. The van der Waals surface area contributed by atoms with Gasteiger partial charge in [0.1, 0.15) is 12.6 Å². The Morgan fingerprint density at radius 1 is 1.80 bits per heavy atom. The molecule has 0 unspecified atom stereocenters. The van der Waals surface area contributed by atoms with Crippen molar-refractivity contribution in [2.75, 3.05) is 13.2 Å². The standard InChI is InChI=1S/C5H9NO4/c1-4(8)10-5(3-7)2-6-9/h5,7H,2-3H2,1H3/t5-/m1/s1. The maximum atomic E-state index is 10.2. The number of ether oxygens (including phenoxy) is 1. The molecule has 0 radical (unpaired) electrons. The molecular formula is C5H9NO4. The summed E-state index contributed by atoms with van der Waals surface area (Å²) in [5.41, 5.74) is 0. The summed E-state index contributed by atoms with van der Waals surface area (Å²) in [6, 6.07) is 0. The Hall–Kier alpha value is -0.970. The average Bonchev–Trinajstić information content (AvgIpc) is 1.86. The first-order valence-electron chi connectivity index (χ1n) is 2.78. The molecule has 58 valence electrons. The van der Waals surface area contributed by atoms with Gasteiger partial charge in [-0.25, -0.2) is 0 Å². The molecule has 0 saturated heterocycles. The van der Waals surface area contributed by atoms with Crippen LogP contribution in [0.4, 0.5) is 0 Å². The predicted molar refractivity (Wildman–Crippen MR) is 33.3 cm³/mol. The van der Waals surface area contributed by atoms with Crippen molar-refractivity contribution in [3.8, 4) is 0 Å². The summed E-state index contributed by atoms with van der Waals surface area (Å²) in [5.74, 6) is -0.525. The fourth-order valence-corrected chi connectivity index (χ4v) is 0.450. The monoisotopic (exact) mass is 147 g/mol. The molecule has 0 aromatic heterocycles. The van der Waals surface area contributed by atoms with Gasteiger partial charge in [-0.3, -0.25) is 4.79 Å². The number of esters is 1. The Kier molecular flexibility index (Phi) is 4.39. The van der Waals surface area contributed by atoms with Crippen molar-refractivity contribution in [2.45, 2.75) is 13.0 Å². The minimum atomic E-state index is -0.782. The van der Waals surface area contributed by atoms with E-state index in [4.69, 9.17) is 5.11 Å². The van der Waals surface area contributed by atoms with Gasteiger partial charge in [-0.1, -0.05) is 5.18 Å². The van der Waals surface area contributed by atoms with Gasteiger partial charge in [-0.2, -0.15) is 4.91 Å². The van der Waals surface area contributed by atoms with Gasteiger partial charge in [0, 0.05) is 6.92 Å². The van der Waals surface area contributed by atoms with Gasteiger partial charge in [0.25, 0.3) is 0 Å². The first kappa shape index (κ1) is 9.03. The van der Waals surface area contributed by atoms with Crippen LogP contribution in [0.3, 0.4) is 0 Å². The van der Waals surface area contributed by atoms with Crippen LogP contribution in [-0.2, 0) is 9.53 Å². The molecule has 10 heavy (non-hydrogen) atoms. The van der Waals surface area contributed by atoms with E-state index in [9.17, 15) is 9.70 Å². The Morgan fingerprint density at radius 3 is 2.70 bits per heavy atom. The van der Waals surface area contributed by atoms with Crippen LogP contribution in [0.5, 0.6) is 0 Å². The molecule has 0 aliphatic rings. The summed E-state index contributed by atoms with van der Waals surface area (Å²) in [6.07, 6.45) is -0.782. The summed E-state index contributed by atoms with van der Waals surface area (Å²) >= 11 is 0. The molecule has 0 rings (SSSR count). The molecule has 0 saturated carbocycles. The maximum absolute atomic E-state index is 10.2. The molecule has 0 spiro atoms. The van der Waals surface area contributed by atoms with Gasteiger partial charge in [0.2, 0.25) is 0 Å². The van der Waals surface area contributed by atoms with E-state index in [1.165, 1.54) is 6.92 Å². The number of hydrogen-bond donors (Lipinski definition) is 1. The Balaban J connectivity index is 3.59. The number of hydrogen-bond acceptors (Lipinski definition) is 5. The van der Waals surface area contributed by atoms with E-state index in [0.717, 1.165) is 0 Å². The Labute approximate surface area is 58.0 Å². The van der Waals surface area contributed by atoms with Crippen molar-refractivity contribution in [1.82, 2.24) is 0 Å². The Bertz CT molecular complexity index is 125. The lowest BCUT2D eigenvalue weighted by atomic mass is 10.4. The third-order valence-corrected chi connectivity index (χ3v) is 0.814. The molecule has 0 aromatic carbocycles. The van der Waals surface area contributed by atoms with E-state index in [1.807, 2.05) is 0 Å². The highest BCUT2D eigenvalue weighted by molar-refractivity contribution is 5.66. The molecule has 0 aliphatic heterocycles. The van der Waals surface area contributed by atoms with Crippen molar-refractivity contribution >= 4 is 5.97 Å². The van der Waals surface area contributed by atoms with E-state index in [0.29, 0.717) is 0 Å². The minimum Gasteiger partial charge on any atom is -0.458 e. The summed E-state index contributed by atoms with van der Waals surface area (Å²) in [4.78, 5) is 19.8. The molecule has 0 heterocycles. The average molecular weight is 147 g/mol. The topological polar surface area (TPSA) is 76.0 Å². The van der Waals surface area contributed by atoms with Gasteiger partial charge in [0.15, 0.2) is 0 Å². The second-order valence-corrected chi connectivity index (χ2v) is 1.73. The molecule has 0 aromatic rings. The van der Waals surface area contributed by atoms with Crippen LogP contribution in [0.2, 0.25) is 0 Å². The molecule has 5 nitrogen and oxygen atoms in total. The fraction of sp³-hybridized carbons (Fsp3) is 0.800. The van der Waals surface area contributed by atoms with Crippen molar-refractivity contribution in [3.63, 3.8) is 0 Å². The van der Waals surface area contributed by atoms with E-state index in [1.54, 1.807) is 0 Å². The molecule has 0 bridgehead atoms. The van der Waals surface area contributed by atoms with Crippen LogP contribution in [0.15, 0.2) is 5.18 Å². The molecule has 0 fully saturated rings. The van der Waals surface area contributed by atoms with Crippen molar-refractivity contribution in [3.05, 3.63) is 4.91 Å². The number of carbonyl (C=O) groups is 1. The van der Waals surface area contributed by atoms with E-state index in [-0.39, 0.29) is 13.2 Å². The molecule has 0 amide bonds. The van der Waals surface area contributed by atoms with E-state index in [2.05, 4.69) is 9.91 Å². The molecule has 5 heteroatoms. The quantitative estimate of drug-likeness (QED) is 0.436. The second-order valence-electron chi connectivity index (χ2n) is 1.73. The summed E-state index contributed by atoms with van der Waals surface area (Å²) in [6.45, 7) is 0.634. The van der Waals surface area contributed by atoms with Gasteiger partial charge in [-0.05, 0) is 0 Å². The zero-order valence-corrected chi connectivity index (χ0v) is 5.61. The van der Waals surface area contributed by atoms with Gasteiger partial charge < -0.3 is 9.84 Å². The van der Waals surface area contributed by atoms with Crippen LogP contribution in [-0.4, -0.2) is 30.3 Å². The van der Waals surface area contributed by atoms with Crippen LogP contribution >= 0.6 is 0 Å². The van der Waals surface area contributed by atoms with Gasteiger partial charge in [-0.15, -0.1) is 0 Å². The van der Waals surface area contributed by atoms with Crippen molar-refractivity contribution in [2.24, 2.45) is 5.18 Å². The van der Waals surface area contributed by atoms with Crippen LogP contribution in [0, 0.1) is 4.91 Å². The smallest absolute Gasteiger partial charge is 0.303 e. The first-order chi connectivity index (χ1) is 4.70. The highest BCUT2D eigenvalue weighted by Gasteiger charge is 2.09. The number of rotatable bonds is 4. The summed E-state index contributed by atoms with van der Waals surface area (Å²) in [5, 5.41) is 10.9. The lowest BCUT2D eigenvalue weighted by Crippen LogP contribution is -2.23. The lowest BCUT2D eigenvalue weighted by molar-refractivity contribution is -0.147. The van der Waals surface area contributed by atoms with Crippen LogP contribution in [0.25, 0.3) is 0 Å². The maximum Gasteiger partial charge on any atom is 0.303 e. The normalized spacial score (nSPS) is 12.2. The third kappa shape index (κ3) is 3.96. The first-order valence-corrected chi connectivity index (χ1v) is 2.78. The molecule has 0 aliphatic carbocycles. The number of aliphatic hydroxyl groups is 1. The third-order valence-electron chi connectivity index (χ3n) is 0.814. The number of nitroso groups, excluding NO2 is 1. The highest BCUT2D eigenvalue weighted by atomic mass is 16.6. The number of nitrogens with zero attached hydrogens (tertiary/aromatic N) is 1. The zero-order chi connectivity index (χ0) is 7.98. The van der Waals surface area contributed by atoms with E-state index >= 15 is 0 Å². The lowest BCUT2D eigenvalue weighted by Gasteiger charge is -2.08. The van der Waals surface area contributed by atoms with E-state index < -0.39 is 12.1 Å². The second kappa shape index (κ2) is 4.87. The van der Waals surface area contributed by atoms with Gasteiger partial charge in [0.05, 0.1) is 6.61 Å². The van der Waals surface area contributed by atoms with Crippen molar-refractivity contribution in [1.29, 1.82) is 0 Å². The fourth-order valence-electron chi connectivity index (χ4n) is 0.450. The van der Waals surface area contributed by atoms with Crippen LogP contribution < -0.4 is 0 Å². The molecule has 1 N–H and O–H groups in total. The van der Waals surface area contributed by atoms with Gasteiger partial charge >= 0.3 is 5.97 Å². The number of aliphatic hydroxyl groups excluding tert-OH is 1. The zero-order valence-electron chi connectivity index (χ0n) is 5.61. The van der Waals surface area contributed by atoms with Crippen molar-refractivity contribution < 1.29 is 14.6 Å². The SMILES string of the molecule is CC(=O)O[C@@H](CO)CN=O. The minimum absolute atomic E-state index is 0.198. The number of carbonyl (C=O) groups excluding carboxylic acids is 1. The molecular weight excluding hydrogens is 138 g/mol. The summed E-state index contributed by atoms with van der Waals surface area (Å²) < 4.78 is 4.46. The van der Waals surface area contributed by atoms with Crippen LogP contribution in [0.1, 0.15) is 6.92 Å². The Morgan fingerprint density at radius 2 is 2.40 bits per heavy atom. The highest BCUT2D eigenvalue weighted by Crippen LogP contribution is 1.91. The largest absolute Gasteiger partial charge is 0.458 e.